The third-order valence-electron chi connectivity index (χ3n) is 3.36. The van der Waals surface area contributed by atoms with Crippen molar-refractivity contribution < 1.29 is 4.74 Å². The number of halogens is 1. The number of aryl methyl sites for hydroxylation is 1. The van der Waals surface area contributed by atoms with Crippen LogP contribution in [0.25, 0.3) is 0 Å². The van der Waals surface area contributed by atoms with E-state index in [4.69, 9.17) is 16.3 Å². The SMILES string of the molecule is Cc1cccc([C@H]2NC[C@@H]3C[C@H]2O3)c1Cl. The lowest BCUT2D eigenvalue weighted by Crippen LogP contribution is -2.57. The van der Waals surface area contributed by atoms with Gasteiger partial charge >= 0.3 is 0 Å². The molecular formula is C12H14ClNO. The van der Waals surface area contributed by atoms with E-state index in [1.165, 1.54) is 12.0 Å². The van der Waals surface area contributed by atoms with Gasteiger partial charge in [-0.15, -0.1) is 0 Å². The third kappa shape index (κ3) is 1.48. The van der Waals surface area contributed by atoms with Crippen molar-refractivity contribution in [3.05, 3.63) is 34.3 Å². The third-order valence-corrected chi connectivity index (χ3v) is 3.87. The summed E-state index contributed by atoms with van der Waals surface area (Å²) < 4.78 is 5.72. The summed E-state index contributed by atoms with van der Waals surface area (Å²) in [5.74, 6) is 0. The lowest BCUT2D eigenvalue weighted by Gasteiger charge is -2.47. The molecule has 0 spiro atoms. The molecule has 1 aromatic carbocycles. The molecule has 3 saturated heterocycles. The van der Waals surface area contributed by atoms with Crippen LogP contribution in [0, 0.1) is 6.92 Å². The lowest BCUT2D eigenvalue weighted by molar-refractivity contribution is -0.167. The molecule has 0 unspecified atom stereocenters. The van der Waals surface area contributed by atoms with E-state index in [9.17, 15) is 0 Å². The highest BCUT2D eigenvalue weighted by atomic mass is 35.5. The molecule has 1 N–H and O–H groups in total. The number of morpholine rings is 1. The summed E-state index contributed by atoms with van der Waals surface area (Å²) in [6.07, 6.45) is 1.93. The standard InChI is InChI=1S/C12H14ClNO/c1-7-3-2-4-9(11(7)13)12-10-5-8(15-10)6-14-12/h2-4,8,10,12,14H,5-6H2,1H3/t8-,10+,12+/m0/s1. The molecule has 3 aliphatic heterocycles. The van der Waals surface area contributed by atoms with Gasteiger partial charge < -0.3 is 10.1 Å². The van der Waals surface area contributed by atoms with Crippen LogP contribution in [-0.2, 0) is 4.74 Å². The first-order chi connectivity index (χ1) is 7.25. The number of benzene rings is 1. The Kier molecular flexibility index (Phi) is 2.23. The molecule has 80 valence electrons. The molecule has 0 radical (unpaired) electrons. The van der Waals surface area contributed by atoms with Gasteiger partial charge in [-0.05, 0) is 18.1 Å². The predicted molar refractivity (Wildman–Crippen MR) is 60.2 cm³/mol. The zero-order valence-electron chi connectivity index (χ0n) is 8.66. The highest BCUT2D eigenvalue weighted by molar-refractivity contribution is 6.32. The summed E-state index contributed by atoms with van der Waals surface area (Å²) in [5.41, 5.74) is 2.32. The van der Waals surface area contributed by atoms with E-state index in [-0.39, 0.29) is 6.04 Å². The molecule has 0 aromatic heterocycles. The zero-order chi connectivity index (χ0) is 10.4. The van der Waals surface area contributed by atoms with E-state index >= 15 is 0 Å². The quantitative estimate of drug-likeness (QED) is 0.790. The average Bonchev–Trinajstić information content (AvgIpc) is 2.21. The van der Waals surface area contributed by atoms with Crippen molar-refractivity contribution in [1.29, 1.82) is 0 Å². The van der Waals surface area contributed by atoms with Crippen molar-refractivity contribution >= 4 is 11.6 Å². The Morgan fingerprint density at radius 2 is 2.27 bits per heavy atom. The summed E-state index contributed by atoms with van der Waals surface area (Å²) in [7, 11) is 0. The van der Waals surface area contributed by atoms with Crippen molar-refractivity contribution in [1.82, 2.24) is 5.32 Å². The number of hydrogen-bond donors (Lipinski definition) is 1. The molecule has 2 nitrogen and oxygen atoms in total. The summed E-state index contributed by atoms with van der Waals surface area (Å²) in [5, 5.41) is 4.37. The van der Waals surface area contributed by atoms with Crippen LogP contribution in [0.2, 0.25) is 5.02 Å². The molecule has 0 saturated carbocycles. The van der Waals surface area contributed by atoms with Gasteiger partial charge in [0, 0.05) is 18.0 Å². The van der Waals surface area contributed by atoms with E-state index in [0.29, 0.717) is 12.2 Å². The van der Waals surface area contributed by atoms with Crippen LogP contribution in [0.3, 0.4) is 0 Å². The van der Waals surface area contributed by atoms with Gasteiger partial charge in [-0.3, -0.25) is 0 Å². The zero-order valence-corrected chi connectivity index (χ0v) is 9.42. The Morgan fingerprint density at radius 1 is 1.47 bits per heavy atom. The van der Waals surface area contributed by atoms with Gasteiger partial charge in [0.05, 0.1) is 18.2 Å². The van der Waals surface area contributed by atoms with Gasteiger partial charge in [0.1, 0.15) is 0 Å². The minimum absolute atomic E-state index is 0.280. The smallest absolute Gasteiger partial charge is 0.0799 e. The molecule has 4 rings (SSSR count). The second kappa shape index (κ2) is 3.48. The van der Waals surface area contributed by atoms with E-state index in [1.807, 2.05) is 13.0 Å². The summed E-state index contributed by atoms with van der Waals surface area (Å²) in [4.78, 5) is 0. The Morgan fingerprint density at radius 3 is 2.93 bits per heavy atom. The van der Waals surface area contributed by atoms with Crippen molar-refractivity contribution in [3.8, 4) is 0 Å². The normalized spacial score (nSPS) is 33.6. The number of nitrogens with one attached hydrogen (secondary N) is 1. The fourth-order valence-electron chi connectivity index (χ4n) is 2.45. The van der Waals surface area contributed by atoms with E-state index in [2.05, 4.69) is 17.4 Å². The molecule has 3 atom stereocenters. The Bertz CT molecular complexity index is 384. The monoisotopic (exact) mass is 223 g/mol. The molecule has 3 fully saturated rings. The van der Waals surface area contributed by atoms with Gasteiger partial charge in [-0.1, -0.05) is 29.8 Å². The minimum atomic E-state index is 0.280. The lowest BCUT2D eigenvalue weighted by atomic mass is 9.88. The van der Waals surface area contributed by atoms with E-state index < -0.39 is 0 Å². The Hall–Kier alpha value is -0.570. The maximum atomic E-state index is 6.31. The Balaban J connectivity index is 1.94. The number of ether oxygens (including phenoxy) is 1. The summed E-state index contributed by atoms with van der Waals surface area (Å²) >= 11 is 6.31. The maximum absolute atomic E-state index is 6.31. The van der Waals surface area contributed by atoms with Gasteiger partial charge in [0.25, 0.3) is 0 Å². The van der Waals surface area contributed by atoms with Crippen LogP contribution >= 0.6 is 11.6 Å². The highest BCUT2D eigenvalue weighted by Gasteiger charge is 2.42. The predicted octanol–water partition coefficient (Wildman–Crippen LogP) is 2.45. The number of fused-ring (bicyclic) bond motifs is 2. The minimum Gasteiger partial charge on any atom is -0.371 e. The van der Waals surface area contributed by atoms with Gasteiger partial charge in [-0.25, -0.2) is 0 Å². The van der Waals surface area contributed by atoms with Gasteiger partial charge in [0.2, 0.25) is 0 Å². The summed E-state index contributed by atoms with van der Waals surface area (Å²) in [6.45, 7) is 2.99. The molecular weight excluding hydrogens is 210 g/mol. The van der Waals surface area contributed by atoms with Crippen LogP contribution in [-0.4, -0.2) is 18.8 Å². The van der Waals surface area contributed by atoms with Crippen LogP contribution in [0.15, 0.2) is 18.2 Å². The number of piperidine rings is 1. The van der Waals surface area contributed by atoms with Crippen molar-refractivity contribution in [2.24, 2.45) is 0 Å². The molecule has 3 heteroatoms. The molecule has 0 amide bonds. The largest absolute Gasteiger partial charge is 0.371 e. The van der Waals surface area contributed by atoms with Crippen LogP contribution in [0.1, 0.15) is 23.6 Å². The number of hydrogen-bond acceptors (Lipinski definition) is 2. The maximum Gasteiger partial charge on any atom is 0.0799 e. The van der Waals surface area contributed by atoms with Crippen LogP contribution in [0.5, 0.6) is 0 Å². The fourth-order valence-corrected chi connectivity index (χ4v) is 2.70. The second-order valence-corrected chi connectivity index (χ2v) is 4.77. The fraction of sp³-hybridized carbons (Fsp3) is 0.500. The van der Waals surface area contributed by atoms with Crippen LogP contribution in [0.4, 0.5) is 0 Å². The topological polar surface area (TPSA) is 21.3 Å². The molecule has 3 aliphatic rings. The first-order valence-electron chi connectivity index (χ1n) is 5.39. The first kappa shape index (κ1) is 9.64. The molecule has 2 bridgehead atoms. The highest BCUT2D eigenvalue weighted by Crippen LogP contribution is 2.38. The van der Waals surface area contributed by atoms with E-state index in [0.717, 1.165) is 17.1 Å². The average molecular weight is 224 g/mol. The first-order valence-corrected chi connectivity index (χ1v) is 5.77. The Labute approximate surface area is 94.6 Å². The van der Waals surface area contributed by atoms with Crippen molar-refractivity contribution in [2.75, 3.05) is 6.54 Å². The molecule has 15 heavy (non-hydrogen) atoms. The van der Waals surface area contributed by atoms with Crippen molar-refractivity contribution in [2.45, 2.75) is 31.6 Å². The van der Waals surface area contributed by atoms with E-state index in [1.54, 1.807) is 0 Å². The number of rotatable bonds is 1. The second-order valence-electron chi connectivity index (χ2n) is 4.40. The summed E-state index contributed by atoms with van der Waals surface area (Å²) in [6, 6.07) is 6.47. The van der Waals surface area contributed by atoms with Crippen molar-refractivity contribution in [3.63, 3.8) is 0 Å². The molecule has 0 aliphatic carbocycles. The molecule has 1 aromatic rings. The molecule has 3 heterocycles. The van der Waals surface area contributed by atoms with Gasteiger partial charge in [-0.2, -0.15) is 0 Å². The van der Waals surface area contributed by atoms with Crippen LogP contribution < -0.4 is 5.32 Å². The van der Waals surface area contributed by atoms with Gasteiger partial charge in [0.15, 0.2) is 0 Å².